The van der Waals surface area contributed by atoms with E-state index in [2.05, 4.69) is 29.0 Å². The first-order valence-corrected chi connectivity index (χ1v) is 8.39. The Hall–Kier alpha value is -0.450. The predicted molar refractivity (Wildman–Crippen MR) is 84.8 cm³/mol. The van der Waals surface area contributed by atoms with E-state index in [4.69, 9.17) is 17.3 Å². The Morgan fingerprint density at radius 2 is 2.26 bits per heavy atom. The van der Waals surface area contributed by atoms with Crippen molar-refractivity contribution >= 4 is 29.2 Å². The van der Waals surface area contributed by atoms with Crippen molar-refractivity contribution in [1.82, 2.24) is 10.3 Å². The summed E-state index contributed by atoms with van der Waals surface area (Å²) < 4.78 is 0. The number of nitrogen functional groups attached to an aromatic ring is 1. The van der Waals surface area contributed by atoms with Gasteiger partial charge < -0.3 is 11.1 Å². The molecule has 3 N–H and O–H groups in total. The third-order valence-corrected chi connectivity index (χ3v) is 5.22. The maximum Gasteiger partial charge on any atom is 0.128 e. The lowest BCUT2D eigenvalue weighted by molar-refractivity contribution is 0.605. The van der Waals surface area contributed by atoms with Crippen LogP contribution >= 0.6 is 23.4 Å². The van der Waals surface area contributed by atoms with Crippen LogP contribution in [0.2, 0.25) is 5.02 Å². The molecule has 0 aromatic carbocycles. The summed E-state index contributed by atoms with van der Waals surface area (Å²) in [6.07, 6.45) is 7.07. The van der Waals surface area contributed by atoms with E-state index < -0.39 is 0 Å². The second-order valence-corrected chi connectivity index (χ2v) is 6.75. The highest BCUT2D eigenvalue weighted by Crippen LogP contribution is 2.33. The molecule has 1 unspecified atom stereocenters. The number of aromatic nitrogens is 1. The first kappa shape index (κ1) is 14.9. The molecule has 19 heavy (non-hydrogen) atoms. The third-order valence-electron chi connectivity index (χ3n) is 3.54. The monoisotopic (exact) mass is 299 g/mol. The lowest BCUT2D eigenvalue weighted by Gasteiger charge is -2.21. The van der Waals surface area contributed by atoms with E-state index >= 15 is 0 Å². The Balaban J connectivity index is 2.03. The molecule has 2 rings (SSSR count). The molecule has 0 aliphatic heterocycles. The molecule has 0 radical (unpaired) electrons. The summed E-state index contributed by atoms with van der Waals surface area (Å²) in [5.74, 6) is 1.62. The van der Waals surface area contributed by atoms with Crippen LogP contribution in [-0.2, 0) is 0 Å². The van der Waals surface area contributed by atoms with Crippen molar-refractivity contribution < 1.29 is 0 Å². The van der Waals surface area contributed by atoms with Crippen molar-refractivity contribution in [3.8, 4) is 0 Å². The van der Waals surface area contributed by atoms with Gasteiger partial charge in [-0.1, -0.05) is 31.4 Å². The molecule has 1 aromatic rings. The number of halogens is 1. The maximum absolute atomic E-state index is 6.04. The van der Waals surface area contributed by atoms with Crippen LogP contribution in [0.4, 0.5) is 5.82 Å². The molecule has 3 nitrogen and oxygen atoms in total. The second-order valence-electron chi connectivity index (χ2n) is 4.98. The van der Waals surface area contributed by atoms with Crippen molar-refractivity contribution in [2.75, 3.05) is 18.0 Å². The number of hydrogen-bond acceptors (Lipinski definition) is 4. The molecular weight excluding hydrogens is 278 g/mol. The number of hydrogen-bond donors (Lipinski definition) is 2. The van der Waals surface area contributed by atoms with Crippen LogP contribution in [0.3, 0.4) is 0 Å². The van der Waals surface area contributed by atoms with Crippen LogP contribution in [0, 0.1) is 0 Å². The van der Waals surface area contributed by atoms with Gasteiger partial charge >= 0.3 is 0 Å². The summed E-state index contributed by atoms with van der Waals surface area (Å²) in [5.41, 5.74) is 7.01. The Bertz CT molecular complexity index is 408. The van der Waals surface area contributed by atoms with Crippen LogP contribution in [0.15, 0.2) is 12.3 Å². The molecule has 1 heterocycles. The fourth-order valence-electron chi connectivity index (χ4n) is 2.54. The molecule has 1 aliphatic rings. The summed E-state index contributed by atoms with van der Waals surface area (Å²) in [6, 6.07) is 2.17. The van der Waals surface area contributed by atoms with Crippen LogP contribution in [0.5, 0.6) is 0 Å². The molecule has 106 valence electrons. The van der Waals surface area contributed by atoms with Gasteiger partial charge in [0, 0.05) is 28.8 Å². The molecule has 1 aliphatic carbocycles. The predicted octanol–water partition coefficient (Wildman–Crippen LogP) is 3.64. The van der Waals surface area contributed by atoms with E-state index in [-0.39, 0.29) is 6.04 Å². The molecule has 1 saturated carbocycles. The van der Waals surface area contributed by atoms with E-state index in [1.807, 2.05) is 6.07 Å². The lowest BCUT2D eigenvalue weighted by atomic mass is 10.1. The van der Waals surface area contributed by atoms with E-state index in [1.165, 1.54) is 25.7 Å². The zero-order valence-corrected chi connectivity index (χ0v) is 12.9. The summed E-state index contributed by atoms with van der Waals surface area (Å²) >= 11 is 8.09. The SMILES string of the molecule is CCNC(CSC1CCCC1)c1cc(Cl)cnc1N. The average Bonchev–Trinajstić information content (AvgIpc) is 2.91. The second kappa shape index (κ2) is 7.36. The Kier molecular flexibility index (Phi) is 5.79. The topological polar surface area (TPSA) is 50.9 Å². The Labute approximate surface area is 124 Å². The van der Waals surface area contributed by atoms with E-state index in [0.717, 1.165) is 23.1 Å². The van der Waals surface area contributed by atoms with Gasteiger partial charge in [0.15, 0.2) is 0 Å². The van der Waals surface area contributed by atoms with Gasteiger partial charge in [0.05, 0.1) is 5.02 Å². The van der Waals surface area contributed by atoms with Crippen molar-refractivity contribution in [1.29, 1.82) is 0 Å². The van der Waals surface area contributed by atoms with Crippen LogP contribution in [0.25, 0.3) is 0 Å². The largest absolute Gasteiger partial charge is 0.383 e. The highest BCUT2D eigenvalue weighted by molar-refractivity contribution is 7.99. The molecule has 1 aromatic heterocycles. The maximum atomic E-state index is 6.04. The number of pyridine rings is 1. The van der Waals surface area contributed by atoms with Gasteiger partial charge in [-0.2, -0.15) is 11.8 Å². The fourth-order valence-corrected chi connectivity index (χ4v) is 4.13. The average molecular weight is 300 g/mol. The van der Waals surface area contributed by atoms with Gasteiger partial charge in [0.1, 0.15) is 5.82 Å². The van der Waals surface area contributed by atoms with Crippen molar-refractivity contribution in [3.05, 3.63) is 22.8 Å². The van der Waals surface area contributed by atoms with Crippen LogP contribution < -0.4 is 11.1 Å². The minimum atomic E-state index is 0.238. The molecule has 0 bridgehead atoms. The number of nitrogens with two attached hydrogens (primary N) is 1. The van der Waals surface area contributed by atoms with E-state index in [1.54, 1.807) is 6.20 Å². The molecule has 5 heteroatoms. The highest BCUT2D eigenvalue weighted by Gasteiger charge is 2.20. The van der Waals surface area contributed by atoms with E-state index in [0.29, 0.717) is 10.8 Å². The summed E-state index contributed by atoms with van der Waals surface area (Å²) in [6.45, 7) is 3.03. The molecule has 0 amide bonds. The first-order chi connectivity index (χ1) is 9.20. The normalized spacial score (nSPS) is 17.8. The summed E-state index contributed by atoms with van der Waals surface area (Å²) in [5, 5.41) is 4.96. The number of thioether (sulfide) groups is 1. The standard InChI is InChI=1S/C14H22ClN3S/c1-2-17-13(9-19-11-5-3-4-6-11)12-7-10(15)8-18-14(12)16/h7-8,11,13,17H,2-6,9H2,1H3,(H2,16,18). The van der Waals surface area contributed by atoms with Crippen molar-refractivity contribution in [2.24, 2.45) is 0 Å². The number of nitrogens with zero attached hydrogens (tertiary/aromatic N) is 1. The number of rotatable bonds is 6. The number of anilines is 1. The van der Waals surface area contributed by atoms with Gasteiger partial charge in [0.25, 0.3) is 0 Å². The van der Waals surface area contributed by atoms with Crippen LogP contribution in [-0.4, -0.2) is 22.5 Å². The Morgan fingerprint density at radius 1 is 1.53 bits per heavy atom. The smallest absolute Gasteiger partial charge is 0.128 e. The van der Waals surface area contributed by atoms with Gasteiger partial charge in [0.2, 0.25) is 0 Å². The number of nitrogens with one attached hydrogen (secondary N) is 1. The molecule has 0 saturated heterocycles. The first-order valence-electron chi connectivity index (χ1n) is 6.96. The van der Waals surface area contributed by atoms with Gasteiger partial charge in [-0.15, -0.1) is 0 Å². The van der Waals surface area contributed by atoms with Crippen molar-refractivity contribution in [3.63, 3.8) is 0 Å². The van der Waals surface area contributed by atoms with E-state index in [9.17, 15) is 0 Å². The minimum absolute atomic E-state index is 0.238. The fraction of sp³-hybridized carbons (Fsp3) is 0.643. The minimum Gasteiger partial charge on any atom is -0.383 e. The van der Waals surface area contributed by atoms with Gasteiger partial charge in [-0.05, 0) is 25.5 Å². The highest BCUT2D eigenvalue weighted by atomic mass is 35.5. The summed E-state index contributed by atoms with van der Waals surface area (Å²) in [7, 11) is 0. The molecule has 0 spiro atoms. The van der Waals surface area contributed by atoms with Gasteiger partial charge in [-0.3, -0.25) is 0 Å². The third kappa shape index (κ3) is 4.26. The molecular formula is C14H22ClN3S. The molecule has 1 fully saturated rings. The summed E-state index contributed by atoms with van der Waals surface area (Å²) in [4.78, 5) is 4.16. The lowest BCUT2D eigenvalue weighted by Crippen LogP contribution is -2.25. The molecule has 1 atom stereocenters. The Morgan fingerprint density at radius 3 is 2.95 bits per heavy atom. The van der Waals surface area contributed by atoms with Crippen LogP contribution in [0.1, 0.15) is 44.2 Å². The quantitative estimate of drug-likeness (QED) is 0.842. The van der Waals surface area contributed by atoms with Gasteiger partial charge in [-0.25, -0.2) is 4.98 Å². The zero-order valence-electron chi connectivity index (χ0n) is 11.4. The van der Waals surface area contributed by atoms with Crippen molar-refractivity contribution in [2.45, 2.75) is 43.9 Å². The zero-order chi connectivity index (χ0) is 13.7.